The first kappa shape index (κ1) is 14.6. The maximum Gasteiger partial charge on any atom is 0.128 e. The van der Waals surface area contributed by atoms with Crippen molar-refractivity contribution in [1.82, 2.24) is 5.32 Å². The lowest BCUT2D eigenvalue weighted by molar-refractivity contribution is 0.520. The van der Waals surface area contributed by atoms with E-state index in [9.17, 15) is 13.2 Å². The monoisotopic (exact) mass is 279 g/mol. The van der Waals surface area contributed by atoms with Gasteiger partial charge in [0, 0.05) is 11.6 Å². The van der Waals surface area contributed by atoms with Crippen molar-refractivity contribution in [3.63, 3.8) is 0 Å². The lowest BCUT2D eigenvalue weighted by Crippen LogP contribution is -2.20. The number of hydrogen-bond acceptors (Lipinski definition) is 1. The van der Waals surface area contributed by atoms with E-state index in [1.54, 1.807) is 19.2 Å². The maximum absolute atomic E-state index is 14.0. The van der Waals surface area contributed by atoms with Gasteiger partial charge in [0.1, 0.15) is 17.5 Å². The molecule has 0 aliphatic rings. The van der Waals surface area contributed by atoms with Crippen molar-refractivity contribution in [2.24, 2.45) is 0 Å². The molecule has 4 heteroatoms. The van der Waals surface area contributed by atoms with E-state index < -0.39 is 11.6 Å². The van der Waals surface area contributed by atoms with Crippen LogP contribution in [0.1, 0.15) is 22.7 Å². The Bertz CT molecular complexity index is 593. The average Bonchev–Trinajstić information content (AvgIpc) is 2.43. The summed E-state index contributed by atoms with van der Waals surface area (Å²) in [6.07, 6.45) is 0.455. The smallest absolute Gasteiger partial charge is 0.128 e. The van der Waals surface area contributed by atoms with Gasteiger partial charge in [0.2, 0.25) is 0 Å². The molecule has 0 bridgehead atoms. The summed E-state index contributed by atoms with van der Waals surface area (Å²) in [5.74, 6) is -1.19. The van der Waals surface area contributed by atoms with E-state index in [4.69, 9.17) is 0 Å². The molecule has 0 spiro atoms. The molecule has 0 aliphatic carbocycles. The van der Waals surface area contributed by atoms with Crippen LogP contribution in [0, 0.1) is 24.4 Å². The molecular weight excluding hydrogens is 263 g/mol. The number of hydrogen-bond donors (Lipinski definition) is 1. The van der Waals surface area contributed by atoms with Crippen LogP contribution >= 0.6 is 0 Å². The summed E-state index contributed by atoms with van der Waals surface area (Å²) in [4.78, 5) is 0. The van der Waals surface area contributed by atoms with E-state index in [2.05, 4.69) is 5.32 Å². The predicted molar refractivity (Wildman–Crippen MR) is 73.0 cm³/mol. The third kappa shape index (κ3) is 3.20. The van der Waals surface area contributed by atoms with E-state index >= 15 is 0 Å². The number of rotatable bonds is 4. The molecule has 0 amide bonds. The van der Waals surface area contributed by atoms with Crippen LogP contribution < -0.4 is 5.32 Å². The van der Waals surface area contributed by atoms with Crippen LogP contribution in [0.2, 0.25) is 0 Å². The van der Waals surface area contributed by atoms with Gasteiger partial charge in [0.25, 0.3) is 0 Å². The summed E-state index contributed by atoms with van der Waals surface area (Å²) >= 11 is 0. The van der Waals surface area contributed by atoms with Gasteiger partial charge >= 0.3 is 0 Å². The standard InChI is InChI=1S/C16H16F3N/c1-10-7-15(19)13(9-14(10)18)16(20-2)8-11-3-5-12(17)6-4-11/h3-7,9,16,20H,8H2,1-2H3. The van der Waals surface area contributed by atoms with Gasteiger partial charge in [-0.05, 0) is 55.8 Å². The van der Waals surface area contributed by atoms with E-state index in [1.165, 1.54) is 31.2 Å². The van der Waals surface area contributed by atoms with E-state index in [0.717, 1.165) is 5.56 Å². The van der Waals surface area contributed by atoms with Crippen molar-refractivity contribution in [3.8, 4) is 0 Å². The predicted octanol–water partition coefficient (Wildman–Crippen LogP) is 3.92. The minimum Gasteiger partial charge on any atom is -0.313 e. The molecule has 0 saturated carbocycles. The lowest BCUT2D eigenvalue weighted by atomic mass is 9.97. The van der Waals surface area contributed by atoms with E-state index in [-0.39, 0.29) is 23.0 Å². The molecule has 1 unspecified atom stereocenters. The highest BCUT2D eigenvalue weighted by atomic mass is 19.1. The molecule has 106 valence electrons. The van der Waals surface area contributed by atoms with Gasteiger partial charge in [-0.3, -0.25) is 0 Å². The third-order valence-corrected chi connectivity index (χ3v) is 3.35. The lowest BCUT2D eigenvalue weighted by Gasteiger charge is -2.18. The third-order valence-electron chi connectivity index (χ3n) is 3.35. The Labute approximate surface area is 116 Å². The van der Waals surface area contributed by atoms with Crippen LogP contribution in [-0.4, -0.2) is 7.05 Å². The molecule has 0 heterocycles. The molecule has 2 rings (SSSR count). The average molecular weight is 279 g/mol. The van der Waals surface area contributed by atoms with Crippen molar-refractivity contribution in [3.05, 3.63) is 70.5 Å². The summed E-state index contributed by atoms with van der Waals surface area (Å²) < 4.78 is 40.4. The van der Waals surface area contributed by atoms with Crippen LogP contribution in [0.25, 0.3) is 0 Å². The number of likely N-dealkylation sites (N-methyl/N-ethyl adjacent to an activating group) is 1. The molecule has 0 saturated heterocycles. The van der Waals surface area contributed by atoms with Crippen molar-refractivity contribution in [2.45, 2.75) is 19.4 Å². The highest BCUT2D eigenvalue weighted by molar-refractivity contribution is 5.29. The van der Waals surface area contributed by atoms with Crippen molar-refractivity contribution < 1.29 is 13.2 Å². The second kappa shape index (κ2) is 6.09. The molecule has 0 aromatic heterocycles. The molecule has 20 heavy (non-hydrogen) atoms. The normalized spacial score (nSPS) is 12.4. The molecule has 1 N–H and O–H groups in total. The van der Waals surface area contributed by atoms with Gasteiger partial charge in [-0.25, -0.2) is 13.2 Å². The summed E-state index contributed by atoms with van der Waals surface area (Å²) in [5, 5.41) is 2.97. The van der Waals surface area contributed by atoms with E-state index in [1.807, 2.05) is 0 Å². The molecule has 0 aliphatic heterocycles. The number of nitrogens with one attached hydrogen (secondary N) is 1. The Kier molecular flexibility index (Phi) is 4.45. The number of aryl methyl sites for hydroxylation is 1. The summed E-state index contributed by atoms with van der Waals surface area (Å²) in [6, 6.07) is 8.04. The Morgan fingerprint density at radius 3 is 2.25 bits per heavy atom. The van der Waals surface area contributed by atoms with E-state index in [0.29, 0.717) is 6.42 Å². The van der Waals surface area contributed by atoms with Gasteiger partial charge in [-0.1, -0.05) is 12.1 Å². The fourth-order valence-corrected chi connectivity index (χ4v) is 2.15. The number of benzene rings is 2. The maximum atomic E-state index is 14.0. The largest absolute Gasteiger partial charge is 0.313 e. The summed E-state index contributed by atoms with van der Waals surface area (Å²) in [5.41, 5.74) is 1.41. The van der Waals surface area contributed by atoms with Gasteiger partial charge < -0.3 is 5.32 Å². The molecule has 0 fully saturated rings. The fraction of sp³-hybridized carbons (Fsp3) is 0.250. The Morgan fingerprint density at radius 2 is 1.65 bits per heavy atom. The summed E-state index contributed by atoms with van der Waals surface area (Å²) in [7, 11) is 1.69. The zero-order valence-corrected chi connectivity index (χ0v) is 11.4. The van der Waals surface area contributed by atoms with Crippen LogP contribution in [-0.2, 0) is 6.42 Å². The zero-order valence-electron chi connectivity index (χ0n) is 11.4. The first-order valence-corrected chi connectivity index (χ1v) is 6.38. The Balaban J connectivity index is 2.28. The molecule has 1 atom stereocenters. The van der Waals surface area contributed by atoms with Crippen molar-refractivity contribution in [2.75, 3.05) is 7.05 Å². The van der Waals surface area contributed by atoms with Crippen LogP contribution in [0.4, 0.5) is 13.2 Å². The van der Waals surface area contributed by atoms with Crippen molar-refractivity contribution >= 4 is 0 Å². The molecule has 2 aromatic carbocycles. The molecule has 0 radical (unpaired) electrons. The minimum atomic E-state index is -0.439. The highest BCUT2D eigenvalue weighted by Gasteiger charge is 2.17. The number of halogens is 3. The SMILES string of the molecule is CNC(Cc1ccc(F)cc1)c1cc(F)c(C)cc1F. The topological polar surface area (TPSA) is 12.0 Å². The van der Waals surface area contributed by atoms with Gasteiger partial charge in [-0.15, -0.1) is 0 Å². The second-order valence-corrected chi connectivity index (χ2v) is 4.79. The first-order valence-electron chi connectivity index (χ1n) is 6.38. The Hall–Kier alpha value is -1.81. The summed E-state index contributed by atoms with van der Waals surface area (Å²) in [6.45, 7) is 1.52. The highest BCUT2D eigenvalue weighted by Crippen LogP contribution is 2.24. The second-order valence-electron chi connectivity index (χ2n) is 4.79. The quantitative estimate of drug-likeness (QED) is 0.894. The fourth-order valence-electron chi connectivity index (χ4n) is 2.15. The first-order chi connectivity index (χ1) is 9.51. The van der Waals surface area contributed by atoms with Gasteiger partial charge in [-0.2, -0.15) is 0 Å². The van der Waals surface area contributed by atoms with Gasteiger partial charge in [0.05, 0.1) is 0 Å². The van der Waals surface area contributed by atoms with Crippen LogP contribution in [0.15, 0.2) is 36.4 Å². The Morgan fingerprint density at radius 1 is 1.00 bits per heavy atom. The minimum absolute atomic E-state index is 0.278. The van der Waals surface area contributed by atoms with Gasteiger partial charge in [0.15, 0.2) is 0 Å². The molecule has 2 aromatic rings. The van der Waals surface area contributed by atoms with Crippen LogP contribution in [0.5, 0.6) is 0 Å². The zero-order chi connectivity index (χ0) is 14.7. The molecule has 1 nitrogen and oxygen atoms in total. The van der Waals surface area contributed by atoms with Crippen LogP contribution in [0.3, 0.4) is 0 Å². The molecular formula is C16H16F3N. The van der Waals surface area contributed by atoms with Crippen molar-refractivity contribution in [1.29, 1.82) is 0 Å².